The van der Waals surface area contributed by atoms with Gasteiger partial charge in [0.15, 0.2) is 6.17 Å². The van der Waals surface area contributed by atoms with Gasteiger partial charge in [0.1, 0.15) is 6.67 Å². The summed E-state index contributed by atoms with van der Waals surface area (Å²) in [5.74, 6) is 0. The molecule has 126 valence electrons. The molecular formula is C11H18F3N5O2S. The fourth-order valence-corrected chi connectivity index (χ4v) is 3.32. The molecule has 22 heavy (non-hydrogen) atoms. The highest BCUT2D eigenvalue weighted by atomic mass is 32.1. The third kappa shape index (κ3) is 3.09. The molecule has 1 aromatic heterocycles. The van der Waals surface area contributed by atoms with Crippen LogP contribution in [0.15, 0.2) is 0 Å². The van der Waals surface area contributed by atoms with Gasteiger partial charge >= 0.3 is 11.3 Å². The second-order valence-corrected chi connectivity index (χ2v) is 6.44. The summed E-state index contributed by atoms with van der Waals surface area (Å²) >= 11 is 0.285. The maximum atomic E-state index is 13.2. The van der Waals surface area contributed by atoms with Crippen molar-refractivity contribution in [2.75, 3.05) is 27.4 Å². The van der Waals surface area contributed by atoms with Crippen molar-refractivity contribution in [1.82, 2.24) is 24.8 Å². The Hall–Kier alpha value is -0.850. The molecule has 0 N–H and O–H groups in total. The van der Waals surface area contributed by atoms with E-state index < -0.39 is 22.0 Å². The Morgan fingerprint density at radius 2 is 2.09 bits per heavy atom. The van der Waals surface area contributed by atoms with Crippen molar-refractivity contribution in [2.45, 2.75) is 32.2 Å². The number of hydroxylamine groups is 4. The maximum absolute atomic E-state index is 13.2. The third-order valence-corrected chi connectivity index (χ3v) is 4.48. The van der Waals surface area contributed by atoms with Gasteiger partial charge in [-0.05, 0) is 32.2 Å². The van der Waals surface area contributed by atoms with Gasteiger partial charge in [0.05, 0.1) is 13.7 Å². The summed E-state index contributed by atoms with van der Waals surface area (Å²) in [6, 6.07) is -0.108. The Bertz CT molecular complexity index is 526. The Morgan fingerprint density at radius 3 is 2.55 bits per heavy atom. The molecule has 0 bridgehead atoms. The molecule has 0 amide bonds. The van der Waals surface area contributed by atoms with Crippen molar-refractivity contribution in [1.29, 1.82) is 0 Å². The summed E-state index contributed by atoms with van der Waals surface area (Å²) in [7, 11) is 3.16. The van der Waals surface area contributed by atoms with Gasteiger partial charge in [-0.3, -0.25) is 14.4 Å². The smallest absolute Gasteiger partial charge is 0.445 e. The number of hydrogen-bond acceptors (Lipinski definition) is 7. The van der Waals surface area contributed by atoms with E-state index >= 15 is 0 Å². The highest BCUT2D eigenvalue weighted by Crippen LogP contribution is 2.39. The molecule has 7 nitrogen and oxygen atoms in total. The van der Waals surface area contributed by atoms with Crippen LogP contribution in [-0.2, 0) is 11.0 Å². The summed E-state index contributed by atoms with van der Waals surface area (Å²) < 4.78 is 37.0. The van der Waals surface area contributed by atoms with Gasteiger partial charge in [-0.25, -0.2) is 0 Å². The van der Waals surface area contributed by atoms with Crippen LogP contribution in [0.4, 0.5) is 18.3 Å². The van der Waals surface area contributed by atoms with E-state index in [0.29, 0.717) is 6.54 Å². The van der Waals surface area contributed by atoms with Crippen LogP contribution < -0.4 is 4.65 Å². The predicted octanol–water partition coefficient (Wildman–Crippen LogP) is 1.86. The van der Waals surface area contributed by atoms with Crippen LogP contribution in [0.3, 0.4) is 0 Å². The summed E-state index contributed by atoms with van der Waals surface area (Å²) in [5.41, 5.74) is 0. The Labute approximate surface area is 130 Å². The second-order valence-electron chi connectivity index (χ2n) is 5.48. The van der Waals surface area contributed by atoms with Crippen LogP contribution in [0, 0.1) is 5.21 Å². The lowest BCUT2D eigenvalue weighted by Crippen LogP contribution is -2.58. The number of quaternary nitrogens is 1. The molecule has 1 aromatic rings. The highest BCUT2D eigenvalue weighted by molar-refractivity contribution is 7.15. The molecule has 0 spiro atoms. The van der Waals surface area contributed by atoms with Crippen LogP contribution in [0.1, 0.15) is 18.9 Å². The van der Waals surface area contributed by atoms with Crippen molar-refractivity contribution in [3.8, 4) is 0 Å². The van der Waals surface area contributed by atoms with E-state index in [1.165, 1.54) is 12.2 Å². The fraction of sp³-hybridized carbons (Fsp3) is 0.818. The topological polar surface area (TPSA) is 64.5 Å². The van der Waals surface area contributed by atoms with Crippen molar-refractivity contribution in [3.63, 3.8) is 0 Å². The summed E-state index contributed by atoms with van der Waals surface area (Å²) in [6.45, 7) is 4.03. The van der Waals surface area contributed by atoms with Crippen LogP contribution in [0.25, 0.3) is 0 Å². The van der Waals surface area contributed by atoms with E-state index in [4.69, 9.17) is 4.84 Å². The Balaban J connectivity index is 2.38. The number of halogens is 3. The molecular weight excluding hydrogens is 323 g/mol. The first-order valence-electron chi connectivity index (χ1n) is 6.60. The molecule has 1 aliphatic heterocycles. The predicted molar refractivity (Wildman–Crippen MR) is 75.3 cm³/mol. The van der Waals surface area contributed by atoms with Gasteiger partial charge in [0.2, 0.25) is 5.01 Å². The number of aromatic nitrogens is 2. The molecule has 2 rings (SSSR count). The monoisotopic (exact) mass is 341 g/mol. The number of alkyl halides is 3. The number of likely N-dealkylation sites (N-methyl/N-ethyl adjacent to an activating group) is 1. The van der Waals surface area contributed by atoms with Gasteiger partial charge in [0.25, 0.3) is 0 Å². The zero-order valence-corrected chi connectivity index (χ0v) is 13.5. The molecule has 11 heteroatoms. The van der Waals surface area contributed by atoms with E-state index in [2.05, 4.69) is 10.2 Å². The minimum Gasteiger partial charge on any atom is -0.623 e. The lowest BCUT2D eigenvalue weighted by atomic mass is 10.3. The number of rotatable bonds is 4. The molecule has 2 heterocycles. The van der Waals surface area contributed by atoms with E-state index in [1.807, 2.05) is 13.8 Å². The van der Waals surface area contributed by atoms with Crippen molar-refractivity contribution < 1.29 is 18.0 Å². The van der Waals surface area contributed by atoms with E-state index in [0.717, 1.165) is 0 Å². The summed E-state index contributed by atoms with van der Waals surface area (Å²) in [6.07, 6.45) is -5.31. The number of nitrogens with zero attached hydrogens (tertiary/aromatic N) is 5. The SMILES string of the molecule is CON(C(C)C)C1CN(C)C[N+]1([O-])c1nnc(C(F)(F)F)s1. The average Bonchev–Trinajstić information content (AvgIpc) is 2.96. The Morgan fingerprint density at radius 1 is 1.45 bits per heavy atom. The maximum Gasteiger partial charge on any atom is 0.445 e. The molecule has 0 saturated carbocycles. The van der Waals surface area contributed by atoms with Gasteiger partial charge in [-0.2, -0.15) is 13.2 Å². The third-order valence-electron chi connectivity index (χ3n) is 3.40. The minimum atomic E-state index is -4.60. The van der Waals surface area contributed by atoms with Gasteiger partial charge in [-0.15, -0.1) is 10.2 Å². The summed E-state index contributed by atoms with van der Waals surface area (Å²) in [4.78, 5) is 7.00. The quantitative estimate of drug-likeness (QED) is 0.473. The molecule has 1 aliphatic rings. The summed E-state index contributed by atoms with van der Waals surface area (Å²) in [5, 5.41) is 20.0. The zero-order chi connectivity index (χ0) is 16.7. The van der Waals surface area contributed by atoms with Crippen LogP contribution in [-0.4, -0.2) is 59.7 Å². The standard InChI is InChI=1S/C11H18F3N5O2S/c1-7(2)18(21-4)8-5-17(3)6-19(8,20)10-16-15-9(22-10)11(12,13)14/h7-8H,5-6H2,1-4H3. The van der Waals surface area contributed by atoms with Crippen LogP contribution in [0.5, 0.6) is 0 Å². The van der Waals surface area contributed by atoms with Crippen molar-refractivity contribution >= 4 is 16.5 Å². The molecule has 0 aromatic carbocycles. The first kappa shape index (κ1) is 17.5. The van der Waals surface area contributed by atoms with Gasteiger partial charge < -0.3 is 5.21 Å². The molecule has 0 radical (unpaired) electrons. The molecule has 1 saturated heterocycles. The van der Waals surface area contributed by atoms with E-state index in [1.54, 1.807) is 11.9 Å². The highest BCUT2D eigenvalue weighted by Gasteiger charge is 2.48. The second kappa shape index (κ2) is 5.98. The minimum absolute atomic E-state index is 0.0102. The van der Waals surface area contributed by atoms with E-state index in [-0.39, 0.29) is 29.2 Å². The normalized spacial score (nSPS) is 27.3. The first-order chi connectivity index (χ1) is 10.1. The van der Waals surface area contributed by atoms with Crippen molar-refractivity contribution in [2.24, 2.45) is 0 Å². The molecule has 2 unspecified atom stereocenters. The fourth-order valence-electron chi connectivity index (χ4n) is 2.53. The first-order valence-corrected chi connectivity index (χ1v) is 7.42. The molecule has 0 aliphatic carbocycles. The number of hydrogen-bond donors (Lipinski definition) is 0. The average molecular weight is 341 g/mol. The van der Waals surface area contributed by atoms with Crippen molar-refractivity contribution in [3.05, 3.63) is 10.2 Å². The lowest BCUT2D eigenvalue weighted by Gasteiger charge is -2.44. The van der Waals surface area contributed by atoms with Crippen LogP contribution in [0.2, 0.25) is 0 Å². The largest absolute Gasteiger partial charge is 0.623 e. The van der Waals surface area contributed by atoms with Crippen LogP contribution >= 0.6 is 11.3 Å². The zero-order valence-electron chi connectivity index (χ0n) is 12.7. The van der Waals surface area contributed by atoms with E-state index in [9.17, 15) is 18.4 Å². The lowest BCUT2D eigenvalue weighted by molar-refractivity contribution is -0.200. The Kier molecular flexibility index (Phi) is 4.76. The van der Waals surface area contributed by atoms with Gasteiger partial charge in [0, 0.05) is 6.04 Å². The van der Waals surface area contributed by atoms with Gasteiger partial charge in [-0.1, -0.05) is 5.10 Å². The molecule has 2 atom stereocenters. The molecule has 1 fully saturated rings.